The van der Waals surface area contributed by atoms with E-state index in [0.29, 0.717) is 24.7 Å². The number of hydrogen-bond donors (Lipinski definition) is 1. The molecule has 0 aliphatic heterocycles. The predicted molar refractivity (Wildman–Crippen MR) is 70.9 cm³/mol. The first-order valence-corrected chi connectivity index (χ1v) is 7.09. The zero-order valence-electron chi connectivity index (χ0n) is 11.4. The molecule has 2 heterocycles. The van der Waals surface area contributed by atoms with Gasteiger partial charge < -0.3 is 10.1 Å². The first kappa shape index (κ1) is 14.8. The summed E-state index contributed by atoms with van der Waals surface area (Å²) in [6, 6.07) is 0. The molecule has 0 atom stereocenters. The minimum Gasteiger partial charge on any atom is -0.383 e. The fraction of sp³-hybridized carbons (Fsp3) is 0.778. The topological polar surface area (TPSA) is 108 Å². The van der Waals surface area contributed by atoms with E-state index >= 15 is 0 Å². The summed E-state index contributed by atoms with van der Waals surface area (Å²) in [7, 11) is 3.41. The predicted octanol–water partition coefficient (Wildman–Crippen LogP) is -1.28. The molecule has 2 aromatic heterocycles. The van der Waals surface area contributed by atoms with Gasteiger partial charge in [-0.05, 0) is 15.6 Å². The van der Waals surface area contributed by atoms with Gasteiger partial charge in [-0.2, -0.15) is 4.80 Å². The summed E-state index contributed by atoms with van der Waals surface area (Å²) in [5.74, 6) is 1.25. The maximum Gasteiger partial charge on any atom is 0.209 e. The molecule has 0 amide bonds. The quantitative estimate of drug-likeness (QED) is 0.447. The van der Waals surface area contributed by atoms with Crippen LogP contribution in [0.25, 0.3) is 0 Å². The Bertz CT molecular complexity index is 513. The summed E-state index contributed by atoms with van der Waals surface area (Å²) in [5, 5.41) is 27.4. The van der Waals surface area contributed by atoms with Crippen LogP contribution in [0, 0.1) is 0 Å². The number of tetrazole rings is 2. The zero-order valence-corrected chi connectivity index (χ0v) is 12.2. The lowest BCUT2D eigenvalue weighted by Gasteiger charge is -2.05. The van der Waals surface area contributed by atoms with Crippen molar-refractivity contribution in [1.29, 1.82) is 0 Å². The van der Waals surface area contributed by atoms with E-state index in [1.807, 2.05) is 0 Å². The average molecular weight is 299 g/mol. The van der Waals surface area contributed by atoms with Crippen LogP contribution in [-0.2, 0) is 24.1 Å². The van der Waals surface area contributed by atoms with Gasteiger partial charge in [0.05, 0.1) is 26.0 Å². The normalized spacial score (nSPS) is 11.1. The molecule has 2 aromatic rings. The highest BCUT2D eigenvalue weighted by Crippen LogP contribution is 2.16. The number of methoxy groups -OCH3 is 1. The lowest BCUT2D eigenvalue weighted by atomic mass is 10.6. The maximum atomic E-state index is 4.96. The largest absolute Gasteiger partial charge is 0.383 e. The number of nitrogens with zero attached hydrogens (tertiary/aromatic N) is 8. The highest BCUT2D eigenvalue weighted by atomic mass is 32.2. The van der Waals surface area contributed by atoms with Gasteiger partial charge in [-0.25, -0.2) is 4.68 Å². The number of aryl methyl sites for hydroxylation is 1. The Balaban J connectivity index is 1.76. The van der Waals surface area contributed by atoms with Gasteiger partial charge in [-0.3, -0.25) is 0 Å². The molecule has 110 valence electrons. The average Bonchev–Trinajstić information content (AvgIpc) is 3.05. The minimum absolute atomic E-state index is 0.589. The molecule has 0 saturated heterocycles. The van der Waals surface area contributed by atoms with E-state index in [-0.39, 0.29) is 0 Å². The Hall–Kier alpha value is -1.59. The molecule has 1 N–H and O–H groups in total. The number of aromatic nitrogens is 8. The fourth-order valence-electron chi connectivity index (χ4n) is 1.43. The first-order chi connectivity index (χ1) is 9.79. The van der Waals surface area contributed by atoms with Crippen molar-refractivity contribution in [2.75, 3.05) is 26.8 Å². The molecule has 0 saturated carbocycles. The van der Waals surface area contributed by atoms with E-state index in [0.717, 1.165) is 18.2 Å². The number of ether oxygens (including phenoxy) is 1. The van der Waals surface area contributed by atoms with Gasteiger partial charge in [-0.15, -0.1) is 15.3 Å². The zero-order chi connectivity index (χ0) is 14.2. The first-order valence-electron chi connectivity index (χ1n) is 6.11. The lowest BCUT2D eigenvalue weighted by molar-refractivity contribution is 0.199. The van der Waals surface area contributed by atoms with E-state index < -0.39 is 0 Å². The van der Waals surface area contributed by atoms with Gasteiger partial charge in [-0.1, -0.05) is 11.8 Å². The van der Waals surface area contributed by atoms with Gasteiger partial charge in [0.25, 0.3) is 0 Å². The summed E-state index contributed by atoms with van der Waals surface area (Å²) in [5.41, 5.74) is 0. The molecular weight excluding hydrogens is 282 g/mol. The van der Waals surface area contributed by atoms with Gasteiger partial charge in [0.1, 0.15) is 0 Å². The standard InChI is InChI=1S/C9H17N9OS/c1-17-13-8(11-15-17)7-20-9-12-14-16-18(9)5-3-10-4-6-19-2/h10H,3-7H2,1-2H3. The molecule has 0 spiro atoms. The van der Waals surface area contributed by atoms with Crippen LogP contribution in [0.15, 0.2) is 5.16 Å². The Morgan fingerprint density at radius 2 is 2.15 bits per heavy atom. The molecule has 2 rings (SSSR count). The van der Waals surface area contributed by atoms with E-state index in [1.54, 1.807) is 18.8 Å². The van der Waals surface area contributed by atoms with Crippen molar-refractivity contribution in [3.63, 3.8) is 0 Å². The summed E-state index contributed by atoms with van der Waals surface area (Å²) >= 11 is 1.48. The molecule has 20 heavy (non-hydrogen) atoms. The molecule has 0 aliphatic carbocycles. The van der Waals surface area contributed by atoms with E-state index in [1.165, 1.54) is 16.6 Å². The molecule has 10 nitrogen and oxygen atoms in total. The van der Waals surface area contributed by atoms with E-state index in [2.05, 4.69) is 36.3 Å². The SMILES string of the molecule is COCCNCCn1nnnc1SCc1nnn(C)n1. The maximum absolute atomic E-state index is 4.96. The van der Waals surface area contributed by atoms with Crippen molar-refractivity contribution >= 4 is 11.8 Å². The van der Waals surface area contributed by atoms with Crippen LogP contribution in [0.4, 0.5) is 0 Å². The van der Waals surface area contributed by atoms with Gasteiger partial charge in [0.15, 0.2) is 5.82 Å². The van der Waals surface area contributed by atoms with E-state index in [4.69, 9.17) is 4.74 Å². The van der Waals surface area contributed by atoms with Gasteiger partial charge in [0.2, 0.25) is 5.16 Å². The Kier molecular flexibility index (Phi) is 5.83. The van der Waals surface area contributed by atoms with Crippen LogP contribution >= 0.6 is 11.8 Å². The molecular formula is C9H17N9OS. The van der Waals surface area contributed by atoms with Crippen molar-refractivity contribution in [2.45, 2.75) is 17.5 Å². The fourth-order valence-corrected chi connectivity index (χ4v) is 2.18. The Labute approximate surface area is 120 Å². The van der Waals surface area contributed by atoms with Crippen molar-refractivity contribution in [1.82, 2.24) is 45.7 Å². The van der Waals surface area contributed by atoms with Crippen LogP contribution in [0.1, 0.15) is 5.82 Å². The van der Waals surface area contributed by atoms with E-state index in [9.17, 15) is 0 Å². The second-order valence-corrected chi connectivity index (χ2v) is 4.85. The summed E-state index contributed by atoms with van der Waals surface area (Å²) < 4.78 is 6.71. The molecule has 0 aromatic carbocycles. The smallest absolute Gasteiger partial charge is 0.209 e. The van der Waals surface area contributed by atoms with Crippen molar-refractivity contribution < 1.29 is 4.74 Å². The molecule has 0 radical (unpaired) electrons. The Morgan fingerprint density at radius 1 is 1.25 bits per heavy atom. The molecule has 0 aliphatic rings. The number of hydrogen-bond acceptors (Lipinski definition) is 9. The second kappa shape index (κ2) is 7.87. The number of nitrogens with one attached hydrogen (secondary N) is 1. The summed E-state index contributed by atoms with van der Waals surface area (Å²) in [6.07, 6.45) is 0. The summed E-state index contributed by atoms with van der Waals surface area (Å²) in [6.45, 7) is 2.98. The van der Waals surface area contributed by atoms with Crippen molar-refractivity contribution in [3.8, 4) is 0 Å². The summed E-state index contributed by atoms with van der Waals surface area (Å²) in [4.78, 5) is 1.43. The molecule has 0 fully saturated rings. The van der Waals surface area contributed by atoms with Gasteiger partial charge in [0, 0.05) is 20.2 Å². The van der Waals surface area contributed by atoms with Crippen LogP contribution in [0.2, 0.25) is 0 Å². The highest BCUT2D eigenvalue weighted by Gasteiger charge is 2.09. The number of rotatable bonds is 9. The third-order valence-electron chi connectivity index (χ3n) is 2.36. The lowest BCUT2D eigenvalue weighted by Crippen LogP contribution is -2.24. The van der Waals surface area contributed by atoms with Crippen molar-refractivity contribution in [3.05, 3.63) is 5.82 Å². The number of thioether (sulfide) groups is 1. The second-order valence-electron chi connectivity index (χ2n) is 3.91. The molecule has 0 unspecified atom stereocenters. The van der Waals surface area contributed by atoms with Crippen LogP contribution in [0.5, 0.6) is 0 Å². The molecule has 0 bridgehead atoms. The van der Waals surface area contributed by atoms with Crippen molar-refractivity contribution in [2.24, 2.45) is 7.05 Å². The van der Waals surface area contributed by atoms with Crippen LogP contribution < -0.4 is 5.32 Å². The van der Waals surface area contributed by atoms with Gasteiger partial charge >= 0.3 is 0 Å². The highest BCUT2D eigenvalue weighted by molar-refractivity contribution is 7.98. The van der Waals surface area contributed by atoms with Crippen LogP contribution in [0.3, 0.4) is 0 Å². The minimum atomic E-state index is 0.589. The third-order valence-corrected chi connectivity index (χ3v) is 3.32. The third kappa shape index (κ3) is 4.51. The monoisotopic (exact) mass is 299 g/mol. The Morgan fingerprint density at radius 3 is 2.90 bits per heavy atom. The van der Waals surface area contributed by atoms with Crippen LogP contribution in [-0.4, -0.2) is 67.2 Å². The molecule has 11 heteroatoms.